The van der Waals surface area contributed by atoms with Crippen LogP contribution in [0.15, 0.2) is 11.6 Å². The van der Waals surface area contributed by atoms with Gasteiger partial charge >= 0.3 is 0 Å². The van der Waals surface area contributed by atoms with Gasteiger partial charge in [0.1, 0.15) is 0 Å². The largest absolute Gasteiger partial charge is 0.337 e. The van der Waals surface area contributed by atoms with Crippen molar-refractivity contribution >= 4 is 5.91 Å². The monoisotopic (exact) mass is 208 g/mol. The Morgan fingerprint density at radius 1 is 1.13 bits per heavy atom. The summed E-state index contributed by atoms with van der Waals surface area (Å²) in [6, 6.07) is 0.839. The number of piperazine rings is 1. The van der Waals surface area contributed by atoms with Crippen molar-refractivity contribution in [3.05, 3.63) is 11.6 Å². The third-order valence-electron chi connectivity index (χ3n) is 3.10. The second-order valence-corrected chi connectivity index (χ2v) is 4.81. The quantitative estimate of drug-likeness (QED) is 0.638. The van der Waals surface area contributed by atoms with E-state index in [9.17, 15) is 4.79 Å². The average molecular weight is 208 g/mol. The van der Waals surface area contributed by atoms with Crippen LogP contribution >= 0.6 is 0 Å². The normalized spacial score (nSPS) is 22.7. The van der Waals surface area contributed by atoms with Crippen LogP contribution in [0, 0.1) is 0 Å². The summed E-state index contributed by atoms with van der Waals surface area (Å²) in [7, 11) is 0. The van der Waals surface area contributed by atoms with E-state index in [-0.39, 0.29) is 5.91 Å². The zero-order valence-corrected chi connectivity index (χ0v) is 9.70. The minimum absolute atomic E-state index is 0.186. The first-order valence-electron chi connectivity index (χ1n) is 5.84. The Hall–Kier alpha value is -0.830. The summed E-state index contributed by atoms with van der Waals surface area (Å²) in [6.45, 7) is 7.87. The Labute approximate surface area is 91.7 Å². The van der Waals surface area contributed by atoms with Gasteiger partial charge in [0.05, 0.1) is 0 Å². The van der Waals surface area contributed by atoms with Crippen molar-refractivity contribution in [1.29, 1.82) is 0 Å². The van der Waals surface area contributed by atoms with E-state index in [1.165, 1.54) is 12.8 Å². The number of carbonyl (C=O) groups excluding carboxylic acids is 1. The molecule has 0 aromatic heterocycles. The second kappa shape index (κ2) is 4.35. The van der Waals surface area contributed by atoms with Gasteiger partial charge in [-0.1, -0.05) is 5.57 Å². The molecule has 1 saturated heterocycles. The maximum atomic E-state index is 11.7. The SMILES string of the molecule is CC(C)=CC(=O)N1CCN(C2CC2)CC1. The standard InChI is InChI=1S/C12H20N2O/c1-10(2)9-12(15)14-7-5-13(6-8-14)11-3-4-11/h9,11H,3-8H2,1-2H3. The highest BCUT2D eigenvalue weighted by Gasteiger charge is 2.31. The van der Waals surface area contributed by atoms with Gasteiger partial charge in [-0.3, -0.25) is 9.69 Å². The van der Waals surface area contributed by atoms with Gasteiger partial charge in [-0.25, -0.2) is 0 Å². The third-order valence-corrected chi connectivity index (χ3v) is 3.10. The molecule has 2 aliphatic rings. The van der Waals surface area contributed by atoms with Gasteiger partial charge in [0.15, 0.2) is 0 Å². The van der Waals surface area contributed by atoms with Crippen LogP contribution in [0.4, 0.5) is 0 Å². The summed E-state index contributed by atoms with van der Waals surface area (Å²) < 4.78 is 0. The summed E-state index contributed by atoms with van der Waals surface area (Å²) >= 11 is 0. The van der Waals surface area contributed by atoms with Crippen LogP contribution < -0.4 is 0 Å². The van der Waals surface area contributed by atoms with Crippen molar-refractivity contribution in [2.75, 3.05) is 26.2 Å². The Morgan fingerprint density at radius 3 is 2.20 bits per heavy atom. The van der Waals surface area contributed by atoms with Gasteiger partial charge in [0.25, 0.3) is 0 Å². The van der Waals surface area contributed by atoms with E-state index in [1.807, 2.05) is 18.7 Å². The van der Waals surface area contributed by atoms with Gasteiger partial charge in [-0.05, 0) is 26.7 Å². The van der Waals surface area contributed by atoms with Crippen LogP contribution in [0.3, 0.4) is 0 Å². The van der Waals surface area contributed by atoms with Crippen LogP contribution in [-0.2, 0) is 4.79 Å². The summed E-state index contributed by atoms with van der Waals surface area (Å²) in [5, 5.41) is 0. The zero-order valence-electron chi connectivity index (χ0n) is 9.70. The predicted octanol–water partition coefficient (Wildman–Crippen LogP) is 1.26. The van der Waals surface area contributed by atoms with Gasteiger partial charge < -0.3 is 4.90 Å². The van der Waals surface area contributed by atoms with Crippen molar-refractivity contribution in [2.24, 2.45) is 0 Å². The molecule has 2 fully saturated rings. The lowest BCUT2D eigenvalue weighted by atomic mass is 10.2. The van der Waals surface area contributed by atoms with E-state index in [0.29, 0.717) is 0 Å². The van der Waals surface area contributed by atoms with E-state index in [2.05, 4.69) is 4.90 Å². The van der Waals surface area contributed by atoms with Gasteiger partial charge in [0.2, 0.25) is 5.91 Å². The van der Waals surface area contributed by atoms with Crippen molar-refractivity contribution < 1.29 is 4.79 Å². The summed E-state index contributed by atoms with van der Waals surface area (Å²) in [4.78, 5) is 16.2. The number of amides is 1. The van der Waals surface area contributed by atoms with Crippen molar-refractivity contribution in [3.8, 4) is 0 Å². The van der Waals surface area contributed by atoms with E-state index in [1.54, 1.807) is 6.08 Å². The Morgan fingerprint density at radius 2 is 1.73 bits per heavy atom. The molecular formula is C12H20N2O. The van der Waals surface area contributed by atoms with E-state index in [4.69, 9.17) is 0 Å². The van der Waals surface area contributed by atoms with Gasteiger partial charge in [0, 0.05) is 38.3 Å². The molecule has 1 amide bonds. The minimum Gasteiger partial charge on any atom is -0.337 e. The highest BCUT2D eigenvalue weighted by Crippen LogP contribution is 2.27. The minimum atomic E-state index is 0.186. The lowest BCUT2D eigenvalue weighted by Crippen LogP contribution is -2.48. The molecule has 0 aromatic rings. The van der Waals surface area contributed by atoms with Crippen LogP contribution in [0.5, 0.6) is 0 Å². The number of carbonyl (C=O) groups is 1. The molecule has 84 valence electrons. The fourth-order valence-corrected chi connectivity index (χ4v) is 2.09. The second-order valence-electron chi connectivity index (χ2n) is 4.81. The number of hydrogen-bond donors (Lipinski definition) is 0. The maximum absolute atomic E-state index is 11.7. The first-order chi connectivity index (χ1) is 7.16. The summed E-state index contributed by atoms with van der Waals surface area (Å²) in [5.41, 5.74) is 1.09. The average Bonchev–Trinajstić information content (AvgIpc) is 3.00. The molecule has 1 saturated carbocycles. The summed E-state index contributed by atoms with van der Waals surface area (Å²) in [5.74, 6) is 0.186. The number of rotatable bonds is 2. The third kappa shape index (κ3) is 2.81. The molecule has 0 radical (unpaired) electrons. The van der Waals surface area contributed by atoms with E-state index >= 15 is 0 Å². The molecule has 2 rings (SSSR count). The van der Waals surface area contributed by atoms with Crippen molar-refractivity contribution in [3.63, 3.8) is 0 Å². The predicted molar refractivity (Wildman–Crippen MR) is 60.6 cm³/mol. The van der Waals surface area contributed by atoms with Crippen LogP contribution in [0.2, 0.25) is 0 Å². The van der Waals surface area contributed by atoms with Crippen LogP contribution in [-0.4, -0.2) is 47.9 Å². The molecule has 0 unspecified atom stereocenters. The Bertz CT molecular complexity index is 269. The van der Waals surface area contributed by atoms with E-state index < -0.39 is 0 Å². The molecular weight excluding hydrogens is 188 g/mol. The molecule has 1 aliphatic carbocycles. The maximum Gasteiger partial charge on any atom is 0.246 e. The zero-order chi connectivity index (χ0) is 10.8. The first kappa shape index (κ1) is 10.7. The first-order valence-corrected chi connectivity index (χ1v) is 5.84. The topological polar surface area (TPSA) is 23.6 Å². The highest BCUT2D eigenvalue weighted by molar-refractivity contribution is 5.88. The van der Waals surface area contributed by atoms with Crippen LogP contribution in [0.1, 0.15) is 26.7 Å². The molecule has 1 aliphatic heterocycles. The smallest absolute Gasteiger partial charge is 0.246 e. The fraction of sp³-hybridized carbons (Fsp3) is 0.750. The lowest BCUT2D eigenvalue weighted by Gasteiger charge is -2.34. The van der Waals surface area contributed by atoms with Gasteiger partial charge in [-0.2, -0.15) is 0 Å². The molecule has 0 aromatic carbocycles. The molecule has 3 nitrogen and oxygen atoms in total. The number of hydrogen-bond acceptors (Lipinski definition) is 2. The van der Waals surface area contributed by atoms with Crippen molar-refractivity contribution in [1.82, 2.24) is 9.80 Å². The van der Waals surface area contributed by atoms with Crippen molar-refractivity contribution in [2.45, 2.75) is 32.7 Å². The van der Waals surface area contributed by atoms with E-state index in [0.717, 1.165) is 37.8 Å². The molecule has 3 heteroatoms. The molecule has 0 bridgehead atoms. The number of nitrogens with zero attached hydrogens (tertiary/aromatic N) is 2. The molecule has 0 atom stereocenters. The highest BCUT2D eigenvalue weighted by atomic mass is 16.2. The van der Waals surface area contributed by atoms with Gasteiger partial charge in [-0.15, -0.1) is 0 Å². The Balaban J connectivity index is 1.81. The van der Waals surface area contributed by atoms with Crippen LogP contribution in [0.25, 0.3) is 0 Å². The lowest BCUT2D eigenvalue weighted by molar-refractivity contribution is -0.127. The molecule has 1 heterocycles. The molecule has 0 N–H and O–H groups in total. The number of allylic oxidation sites excluding steroid dienone is 1. The summed E-state index contributed by atoms with van der Waals surface area (Å²) in [6.07, 6.45) is 4.47. The molecule has 15 heavy (non-hydrogen) atoms. The Kier molecular flexibility index (Phi) is 3.10. The fourth-order valence-electron chi connectivity index (χ4n) is 2.09. The molecule has 0 spiro atoms.